The van der Waals surface area contributed by atoms with E-state index in [2.05, 4.69) is 10.5 Å². The van der Waals surface area contributed by atoms with E-state index in [1.54, 1.807) is 18.2 Å². The maximum Gasteiger partial charge on any atom is 0.344 e. The van der Waals surface area contributed by atoms with Crippen LogP contribution in [0.25, 0.3) is 21.5 Å². The van der Waals surface area contributed by atoms with Gasteiger partial charge in [-0.05, 0) is 51.9 Å². The number of nitrogens with one attached hydrogen (secondary N) is 1. The second-order valence-corrected chi connectivity index (χ2v) is 8.76. The van der Waals surface area contributed by atoms with E-state index in [4.69, 9.17) is 27.9 Å². The average Bonchev–Trinajstić information content (AvgIpc) is 2.90. The Hall–Kier alpha value is -4.19. The van der Waals surface area contributed by atoms with Gasteiger partial charge in [0.05, 0.1) is 21.8 Å². The molecule has 0 spiro atoms. The minimum atomic E-state index is -0.489. The van der Waals surface area contributed by atoms with Gasteiger partial charge in [0.15, 0.2) is 0 Å². The number of hydrazone groups is 1. The fraction of sp³-hybridized carbons (Fsp3) is 0. The van der Waals surface area contributed by atoms with Gasteiger partial charge in [-0.1, -0.05) is 89.9 Å². The molecule has 176 valence electrons. The second-order valence-electron chi connectivity index (χ2n) is 7.94. The summed E-state index contributed by atoms with van der Waals surface area (Å²) in [6.45, 7) is 0. The Bertz CT molecular complexity index is 1660. The first-order valence-electron chi connectivity index (χ1n) is 11.0. The van der Waals surface area contributed by atoms with Crippen LogP contribution < -0.4 is 10.2 Å². The molecule has 7 heteroatoms. The van der Waals surface area contributed by atoms with Gasteiger partial charge in [-0.2, -0.15) is 5.10 Å². The van der Waals surface area contributed by atoms with Crippen LogP contribution in [0.4, 0.5) is 0 Å². The molecule has 5 rings (SSSR count). The molecule has 5 nitrogen and oxygen atoms in total. The Morgan fingerprint density at radius 2 is 1.44 bits per heavy atom. The second kappa shape index (κ2) is 10.2. The molecular weight excluding hydrogens is 495 g/mol. The van der Waals surface area contributed by atoms with Crippen LogP contribution in [0.2, 0.25) is 10.0 Å². The number of carbonyl (C=O) groups is 2. The van der Waals surface area contributed by atoms with Crippen LogP contribution in [0.5, 0.6) is 5.75 Å². The molecule has 0 radical (unpaired) electrons. The van der Waals surface area contributed by atoms with E-state index in [0.29, 0.717) is 27.5 Å². The van der Waals surface area contributed by atoms with Crippen LogP contribution in [-0.4, -0.2) is 18.1 Å². The first kappa shape index (κ1) is 23.5. The van der Waals surface area contributed by atoms with Crippen LogP contribution >= 0.6 is 23.2 Å². The summed E-state index contributed by atoms with van der Waals surface area (Å²) in [5.41, 5.74) is 3.80. The fourth-order valence-electron chi connectivity index (χ4n) is 3.91. The molecule has 0 fully saturated rings. The number of nitrogens with zero attached hydrogens (tertiary/aromatic N) is 1. The molecule has 5 aromatic rings. The van der Waals surface area contributed by atoms with Crippen molar-refractivity contribution >= 4 is 62.8 Å². The molecule has 5 aromatic carbocycles. The number of amides is 1. The van der Waals surface area contributed by atoms with Gasteiger partial charge < -0.3 is 4.74 Å². The minimum Gasteiger partial charge on any atom is -0.422 e. The topological polar surface area (TPSA) is 67.8 Å². The predicted molar refractivity (Wildman–Crippen MR) is 144 cm³/mol. The molecule has 0 unspecified atom stereocenters. The molecule has 1 N–H and O–H groups in total. The van der Waals surface area contributed by atoms with Crippen molar-refractivity contribution in [1.29, 1.82) is 0 Å². The SMILES string of the molecule is O=C(N/N=C\c1c(OC(=O)c2cccc3ccccc23)ccc2ccccc12)c1ccc(Cl)c(Cl)c1. The Labute approximate surface area is 216 Å². The van der Waals surface area contributed by atoms with Gasteiger partial charge in [-0.25, -0.2) is 10.2 Å². The standard InChI is InChI=1S/C29H18Cl2N2O3/c30-25-14-12-20(16-26(25)31)28(34)33-32-17-24-22-10-4-2-7-19(22)13-15-27(24)36-29(35)23-11-5-8-18-6-1-3-9-21(18)23/h1-17H,(H,33,34)/b32-17-. The molecule has 1 amide bonds. The third kappa shape index (κ3) is 4.80. The number of halogens is 2. The van der Waals surface area contributed by atoms with Crippen molar-refractivity contribution in [2.45, 2.75) is 0 Å². The van der Waals surface area contributed by atoms with Crippen LogP contribution in [0.15, 0.2) is 102 Å². The first-order chi connectivity index (χ1) is 17.5. The Kier molecular flexibility index (Phi) is 6.67. The summed E-state index contributed by atoms with van der Waals surface area (Å²) in [6.07, 6.45) is 1.46. The van der Waals surface area contributed by atoms with Crippen molar-refractivity contribution in [2.24, 2.45) is 5.10 Å². The third-order valence-corrected chi connectivity index (χ3v) is 6.42. The van der Waals surface area contributed by atoms with Crippen LogP contribution in [0.3, 0.4) is 0 Å². The van der Waals surface area contributed by atoms with Crippen LogP contribution in [-0.2, 0) is 0 Å². The molecule has 0 aliphatic heterocycles. The molecule has 0 heterocycles. The van der Waals surface area contributed by atoms with Crippen molar-refractivity contribution in [1.82, 2.24) is 5.43 Å². The van der Waals surface area contributed by atoms with Gasteiger partial charge in [-0.15, -0.1) is 0 Å². The summed E-state index contributed by atoms with van der Waals surface area (Å²) < 4.78 is 5.84. The Morgan fingerprint density at radius 3 is 2.22 bits per heavy atom. The highest BCUT2D eigenvalue weighted by molar-refractivity contribution is 6.42. The molecule has 36 heavy (non-hydrogen) atoms. The summed E-state index contributed by atoms with van der Waals surface area (Å²) in [5.74, 6) is -0.630. The zero-order chi connectivity index (χ0) is 25.1. The van der Waals surface area contributed by atoms with Gasteiger partial charge in [-0.3, -0.25) is 4.79 Å². The summed E-state index contributed by atoms with van der Waals surface area (Å²) in [7, 11) is 0. The van der Waals surface area contributed by atoms with E-state index in [0.717, 1.165) is 21.5 Å². The molecule has 0 aliphatic carbocycles. The van der Waals surface area contributed by atoms with Gasteiger partial charge in [0, 0.05) is 11.1 Å². The zero-order valence-electron chi connectivity index (χ0n) is 18.7. The quantitative estimate of drug-likeness (QED) is 0.116. The number of carbonyl (C=O) groups excluding carboxylic acids is 2. The summed E-state index contributed by atoms with van der Waals surface area (Å²) in [6, 6.07) is 28.9. The lowest BCUT2D eigenvalue weighted by molar-refractivity contribution is 0.0736. The third-order valence-electron chi connectivity index (χ3n) is 5.68. The largest absolute Gasteiger partial charge is 0.422 e. The van der Waals surface area contributed by atoms with Gasteiger partial charge in [0.2, 0.25) is 0 Å². The number of hydrogen-bond donors (Lipinski definition) is 1. The monoisotopic (exact) mass is 512 g/mol. The molecule has 0 aromatic heterocycles. The zero-order valence-corrected chi connectivity index (χ0v) is 20.3. The van der Waals surface area contributed by atoms with E-state index >= 15 is 0 Å². The van der Waals surface area contributed by atoms with Crippen LogP contribution in [0, 0.1) is 0 Å². The van der Waals surface area contributed by atoms with Crippen molar-refractivity contribution in [2.75, 3.05) is 0 Å². The normalized spacial score (nSPS) is 11.2. The van der Waals surface area contributed by atoms with E-state index in [1.807, 2.05) is 66.7 Å². The maximum absolute atomic E-state index is 13.2. The Morgan fingerprint density at radius 1 is 0.750 bits per heavy atom. The molecule has 0 atom stereocenters. The lowest BCUT2D eigenvalue weighted by Gasteiger charge is -2.12. The molecule has 0 saturated carbocycles. The number of ether oxygens (including phenoxy) is 1. The van der Waals surface area contributed by atoms with E-state index in [9.17, 15) is 9.59 Å². The van der Waals surface area contributed by atoms with Crippen molar-refractivity contribution < 1.29 is 14.3 Å². The number of benzene rings is 5. The summed E-state index contributed by atoms with van der Waals surface area (Å²) >= 11 is 11.9. The van der Waals surface area contributed by atoms with Crippen molar-refractivity contribution in [3.8, 4) is 5.75 Å². The highest BCUT2D eigenvalue weighted by atomic mass is 35.5. The molecular formula is C29H18Cl2N2O3. The maximum atomic E-state index is 13.2. The lowest BCUT2D eigenvalue weighted by Crippen LogP contribution is -2.17. The molecule has 0 saturated heterocycles. The van der Waals surface area contributed by atoms with Gasteiger partial charge in [0.25, 0.3) is 5.91 Å². The number of esters is 1. The summed E-state index contributed by atoms with van der Waals surface area (Å²) in [4.78, 5) is 25.7. The lowest BCUT2D eigenvalue weighted by atomic mass is 10.0. The average molecular weight is 513 g/mol. The Balaban J connectivity index is 1.46. The highest BCUT2D eigenvalue weighted by Crippen LogP contribution is 2.29. The summed E-state index contributed by atoms with van der Waals surface area (Å²) in [5, 5.41) is 8.23. The predicted octanol–water partition coefficient (Wildman–Crippen LogP) is 7.28. The molecule has 0 aliphatic rings. The van der Waals surface area contributed by atoms with Crippen molar-refractivity contribution in [3.05, 3.63) is 124 Å². The number of fused-ring (bicyclic) bond motifs is 2. The fourth-order valence-corrected chi connectivity index (χ4v) is 4.21. The smallest absolute Gasteiger partial charge is 0.344 e. The van der Waals surface area contributed by atoms with E-state index in [1.165, 1.54) is 18.3 Å². The first-order valence-corrected chi connectivity index (χ1v) is 11.8. The number of hydrogen-bond acceptors (Lipinski definition) is 4. The van der Waals surface area contributed by atoms with E-state index < -0.39 is 11.9 Å². The minimum absolute atomic E-state index is 0.269. The van der Waals surface area contributed by atoms with Crippen molar-refractivity contribution in [3.63, 3.8) is 0 Å². The van der Waals surface area contributed by atoms with E-state index in [-0.39, 0.29) is 5.02 Å². The molecule has 0 bridgehead atoms. The van der Waals surface area contributed by atoms with Gasteiger partial charge >= 0.3 is 5.97 Å². The highest BCUT2D eigenvalue weighted by Gasteiger charge is 2.16. The van der Waals surface area contributed by atoms with Gasteiger partial charge in [0.1, 0.15) is 5.75 Å². The number of rotatable bonds is 5. The van der Waals surface area contributed by atoms with Crippen LogP contribution in [0.1, 0.15) is 26.3 Å².